The van der Waals surface area contributed by atoms with Crippen LogP contribution in [0.25, 0.3) is 66.5 Å². The molecule has 1 aliphatic heterocycles. The summed E-state index contributed by atoms with van der Waals surface area (Å²) in [7, 11) is -3.32. The van der Waals surface area contributed by atoms with Crippen molar-refractivity contribution in [1.82, 2.24) is 14.5 Å². The Morgan fingerprint density at radius 2 is 1.20 bits per heavy atom. The third kappa shape index (κ3) is 4.82. The lowest BCUT2D eigenvalue weighted by molar-refractivity contribution is 0.592. The Morgan fingerprint density at radius 1 is 0.564 bits per heavy atom. The molecule has 0 saturated carbocycles. The molecule has 0 bridgehead atoms. The minimum Gasteiger partial charge on any atom is -0.309 e. The zero-order valence-electron chi connectivity index (χ0n) is 29.9. The minimum absolute atomic E-state index is 0.0529. The minimum atomic E-state index is -3.32. The summed E-state index contributed by atoms with van der Waals surface area (Å²) >= 11 is 0. The Kier molecular flexibility index (Phi) is 7.23. The van der Waals surface area contributed by atoms with Gasteiger partial charge in [-0.3, -0.25) is 4.57 Å². The summed E-state index contributed by atoms with van der Waals surface area (Å²) in [4.78, 5) is 10.9. The molecule has 5 heteroatoms. The van der Waals surface area contributed by atoms with Gasteiger partial charge in [0.05, 0.1) is 22.4 Å². The maximum Gasteiger partial charge on any atom is 0.235 e. The number of nitrogens with zero attached hydrogens (tertiary/aromatic N) is 3. The van der Waals surface area contributed by atoms with Crippen LogP contribution in [0.15, 0.2) is 188 Å². The molecule has 260 valence electrons. The topological polar surface area (TPSA) is 47.8 Å². The second-order valence-electron chi connectivity index (χ2n) is 14.4. The van der Waals surface area contributed by atoms with Crippen molar-refractivity contribution in [3.63, 3.8) is 0 Å². The highest BCUT2D eigenvalue weighted by Crippen LogP contribution is 2.54. The van der Waals surface area contributed by atoms with E-state index in [-0.39, 0.29) is 5.92 Å². The molecule has 1 aliphatic carbocycles. The van der Waals surface area contributed by atoms with E-state index in [9.17, 15) is 0 Å². The Balaban J connectivity index is 1.15. The van der Waals surface area contributed by atoms with Gasteiger partial charge in [0, 0.05) is 43.7 Å². The second-order valence-corrected chi connectivity index (χ2v) is 17.1. The third-order valence-electron chi connectivity index (χ3n) is 11.4. The van der Waals surface area contributed by atoms with Crippen molar-refractivity contribution < 1.29 is 4.57 Å². The molecule has 55 heavy (non-hydrogen) atoms. The van der Waals surface area contributed by atoms with E-state index in [4.69, 9.17) is 9.97 Å². The zero-order chi connectivity index (χ0) is 36.5. The van der Waals surface area contributed by atoms with Crippen molar-refractivity contribution in [3.05, 3.63) is 199 Å². The largest absolute Gasteiger partial charge is 0.309 e. The smallest absolute Gasteiger partial charge is 0.235 e. The molecule has 0 fully saturated rings. The van der Waals surface area contributed by atoms with Crippen molar-refractivity contribution in [2.24, 2.45) is 0 Å². The highest BCUT2D eigenvalue weighted by atomic mass is 31.2. The molecule has 0 amide bonds. The first-order chi connectivity index (χ1) is 27.2. The van der Waals surface area contributed by atoms with Gasteiger partial charge >= 0.3 is 0 Å². The van der Waals surface area contributed by atoms with Crippen LogP contribution in [-0.2, 0) is 4.57 Å². The van der Waals surface area contributed by atoms with Gasteiger partial charge in [0.15, 0.2) is 7.14 Å². The number of hydrogen-bond acceptors (Lipinski definition) is 3. The molecule has 2 unspecified atom stereocenters. The molecule has 2 atom stereocenters. The molecule has 11 rings (SSSR count). The molecule has 3 heterocycles. The highest BCUT2D eigenvalue weighted by molar-refractivity contribution is 7.85. The predicted octanol–water partition coefficient (Wildman–Crippen LogP) is 11.1. The fraction of sp³-hybridized carbons (Fsp3) is 0.0400. The van der Waals surface area contributed by atoms with E-state index in [1.807, 2.05) is 48.5 Å². The average molecular weight is 724 g/mol. The first kappa shape index (κ1) is 31.9. The quantitative estimate of drug-likeness (QED) is 0.170. The van der Waals surface area contributed by atoms with Gasteiger partial charge in [0.25, 0.3) is 0 Å². The standard InChI is InChI=1S/C50H34N3OP/c54-55(36-17-2-1-3-18-36)45-27-12-8-22-41(45)47-40-21-7-11-26-44(40)53(49(47)42-23-9-13-28-46(42)55)50-51-43-25-10-6-20-39(43)48(52-50)35-31-29-34(30-32-35)38-24-14-16-33-15-4-5-19-37(33)38/h1-31,35H,32H2. The van der Waals surface area contributed by atoms with Gasteiger partial charge in [-0.2, -0.15) is 0 Å². The van der Waals surface area contributed by atoms with Gasteiger partial charge in [-0.25, -0.2) is 9.97 Å². The Morgan fingerprint density at radius 3 is 2.02 bits per heavy atom. The van der Waals surface area contributed by atoms with E-state index in [1.165, 1.54) is 21.9 Å². The van der Waals surface area contributed by atoms with E-state index in [2.05, 4.69) is 144 Å². The number of fused-ring (bicyclic) bond motifs is 9. The molecule has 0 saturated heterocycles. The molecule has 2 aromatic heterocycles. The highest BCUT2D eigenvalue weighted by Gasteiger charge is 2.40. The molecule has 0 radical (unpaired) electrons. The van der Waals surface area contributed by atoms with Crippen LogP contribution in [-0.4, -0.2) is 14.5 Å². The van der Waals surface area contributed by atoms with Gasteiger partial charge < -0.3 is 4.57 Å². The maximum atomic E-state index is 16.0. The van der Waals surface area contributed by atoms with Crippen LogP contribution in [0, 0.1) is 0 Å². The van der Waals surface area contributed by atoms with Crippen LogP contribution in [0.5, 0.6) is 0 Å². The van der Waals surface area contributed by atoms with E-state index < -0.39 is 7.14 Å². The van der Waals surface area contributed by atoms with Crippen LogP contribution in [0.2, 0.25) is 0 Å². The normalized spacial score (nSPS) is 17.4. The molecule has 2 aliphatic rings. The van der Waals surface area contributed by atoms with Crippen molar-refractivity contribution >= 4 is 61.2 Å². The monoisotopic (exact) mass is 723 g/mol. The predicted molar refractivity (Wildman–Crippen MR) is 229 cm³/mol. The SMILES string of the molecule is O=P1(c2ccccc2)c2ccccc2-c2c(n(-c3nc(C4C=CC(c5cccc6ccccc56)=CC4)c4ccccc4n3)c3ccccc23)-c2ccccc21. The molecule has 7 aromatic carbocycles. The average Bonchev–Trinajstić information content (AvgIpc) is 3.56. The summed E-state index contributed by atoms with van der Waals surface area (Å²) in [6.45, 7) is 0. The summed E-state index contributed by atoms with van der Waals surface area (Å²) in [5.41, 5.74) is 9.27. The van der Waals surface area contributed by atoms with Gasteiger partial charge in [-0.1, -0.05) is 176 Å². The van der Waals surface area contributed by atoms with Crippen molar-refractivity contribution in [3.8, 4) is 28.3 Å². The van der Waals surface area contributed by atoms with E-state index in [1.54, 1.807) is 0 Å². The first-order valence-corrected chi connectivity index (χ1v) is 20.5. The van der Waals surface area contributed by atoms with Crippen molar-refractivity contribution in [2.75, 3.05) is 0 Å². The lowest BCUT2D eigenvalue weighted by atomic mass is 9.88. The Bertz CT molecular complexity index is 3110. The summed E-state index contributed by atoms with van der Waals surface area (Å²) in [6.07, 6.45) is 7.74. The fourth-order valence-corrected chi connectivity index (χ4v) is 11.9. The van der Waals surface area contributed by atoms with Crippen LogP contribution in [0.4, 0.5) is 0 Å². The molecule has 4 nitrogen and oxygen atoms in total. The summed E-state index contributed by atoms with van der Waals surface area (Å²) in [5, 5.41) is 7.10. The summed E-state index contributed by atoms with van der Waals surface area (Å²) in [6, 6.07) is 58.4. The molecule has 0 spiro atoms. The summed E-state index contributed by atoms with van der Waals surface area (Å²) in [5.74, 6) is 0.657. The van der Waals surface area contributed by atoms with E-state index in [0.29, 0.717) is 5.95 Å². The molecular weight excluding hydrogens is 690 g/mol. The number of benzene rings is 7. The number of aromatic nitrogens is 3. The van der Waals surface area contributed by atoms with E-state index in [0.717, 1.165) is 72.2 Å². The van der Waals surface area contributed by atoms with Crippen LogP contribution in [0.1, 0.15) is 23.6 Å². The molecular formula is C50H34N3OP. The lowest BCUT2D eigenvalue weighted by Gasteiger charge is -2.22. The van der Waals surface area contributed by atoms with Crippen LogP contribution >= 0.6 is 7.14 Å². The van der Waals surface area contributed by atoms with Gasteiger partial charge in [-0.05, 0) is 46.0 Å². The third-order valence-corrected chi connectivity index (χ3v) is 14.5. The van der Waals surface area contributed by atoms with Gasteiger partial charge in [0.1, 0.15) is 0 Å². The van der Waals surface area contributed by atoms with Gasteiger partial charge in [0.2, 0.25) is 5.95 Å². The Labute approximate surface area is 319 Å². The number of para-hydroxylation sites is 2. The number of allylic oxidation sites excluding steroid dienone is 4. The number of hydrogen-bond donors (Lipinski definition) is 0. The Hall–Kier alpha value is -6.61. The molecule has 0 N–H and O–H groups in total. The fourth-order valence-electron chi connectivity index (χ4n) is 8.90. The number of rotatable bonds is 4. The summed E-state index contributed by atoms with van der Waals surface area (Å²) < 4.78 is 18.3. The van der Waals surface area contributed by atoms with Crippen molar-refractivity contribution in [1.29, 1.82) is 0 Å². The molecule has 9 aromatic rings. The van der Waals surface area contributed by atoms with Crippen LogP contribution in [0.3, 0.4) is 0 Å². The second kappa shape index (κ2) is 12.5. The first-order valence-electron chi connectivity index (χ1n) is 18.8. The van der Waals surface area contributed by atoms with Crippen molar-refractivity contribution in [2.45, 2.75) is 12.3 Å². The lowest BCUT2D eigenvalue weighted by Crippen LogP contribution is -2.26. The van der Waals surface area contributed by atoms with E-state index >= 15 is 4.57 Å². The van der Waals surface area contributed by atoms with Gasteiger partial charge in [-0.15, -0.1) is 0 Å². The zero-order valence-corrected chi connectivity index (χ0v) is 30.8. The maximum absolute atomic E-state index is 16.0. The van der Waals surface area contributed by atoms with Crippen LogP contribution < -0.4 is 15.9 Å².